The summed E-state index contributed by atoms with van der Waals surface area (Å²) in [5, 5.41) is 2.90. The van der Waals surface area contributed by atoms with Gasteiger partial charge in [0.25, 0.3) is 0 Å². The second kappa shape index (κ2) is 10.6. The number of hydrogen-bond donors (Lipinski definition) is 1. The molecule has 0 bridgehead atoms. The van der Waals surface area contributed by atoms with Crippen molar-refractivity contribution in [1.29, 1.82) is 0 Å². The van der Waals surface area contributed by atoms with E-state index >= 15 is 0 Å². The van der Waals surface area contributed by atoms with Crippen LogP contribution in [-0.2, 0) is 27.4 Å². The summed E-state index contributed by atoms with van der Waals surface area (Å²) in [4.78, 5) is 12.0. The first-order valence-corrected chi connectivity index (χ1v) is 12.7. The predicted octanol–water partition coefficient (Wildman–Crippen LogP) is 5.20. The number of anilines is 1. The Bertz CT molecular complexity index is 736. The molecule has 0 aromatic heterocycles. The van der Waals surface area contributed by atoms with Crippen LogP contribution in [-0.4, -0.2) is 37.4 Å². The Labute approximate surface area is 167 Å². The molecule has 0 aliphatic carbocycles. The maximum absolute atomic E-state index is 13.5. The Morgan fingerprint density at radius 1 is 1.00 bits per heavy atom. The molecule has 28 heavy (non-hydrogen) atoms. The summed E-state index contributed by atoms with van der Waals surface area (Å²) in [6, 6.07) is 6.37. The summed E-state index contributed by atoms with van der Waals surface area (Å²) < 4.78 is 47.8. The summed E-state index contributed by atoms with van der Waals surface area (Å²) in [6.45, 7) is 10.8. The van der Waals surface area contributed by atoms with Gasteiger partial charge in [0.2, 0.25) is 7.37 Å². The van der Waals surface area contributed by atoms with Crippen LogP contribution in [0, 0.1) is 0 Å². The highest BCUT2D eigenvalue weighted by Crippen LogP contribution is 2.62. The Balaban J connectivity index is 3.15. The molecule has 0 saturated carbocycles. The van der Waals surface area contributed by atoms with Crippen LogP contribution in [0.2, 0.25) is 0 Å². The van der Waals surface area contributed by atoms with E-state index in [1.54, 1.807) is 59.7 Å². The maximum Gasteiger partial charge on any atom is 0.412 e. The van der Waals surface area contributed by atoms with E-state index in [0.717, 1.165) is 0 Å². The minimum absolute atomic E-state index is 0.152. The molecule has 0 saturated heterocycles. The molecule has 1 aromatic rings. The van der Waals surface area contributed by atoms with Crippen LogP contribution >= 0.6 is 15.0 Å². The molecule has 1 amide bonds. The predicted molar refractivity (Wildman–Crippen MR) is 111 cm³/mol. The topological polar surface area (TPSA) is 100 Å². The molecule has 1 aromatic carbocycles. The molecular weight excluding hydrogens is 404 g/mol. The summed E-state index contributed by atoms with van der Waals surface area (Å²) in [7, 11) is -7.18. The molecule has 1 N–H and O–H groups in total. The molecule has 160 valence electrons. The summed E-state index contributed by atoms with van der Waals surface area (Å²) in [6.07, 6.45) is -0.634. The highest BCUT2D eigenvalue weighted by atomic mass is 31.2. The monoisotopic (exact) mass is 435 g/mol. The smallest absolute Gasteiger partial charge is 0.412 e. The number of carbonyl (C=O) groups excluding carboxylic acids is 1. The third kappa shape index (κ3) is 8.06. The van der Waals surface area contributed by atoms with Gasteiger partial charge in [0.15, 0.2) is 0 Å². The fraction of sp³-hybridized carbons (Fsp3) is 0.611. The van der Waals surface area contributed by atoms with Gasteiger partial charge in [-0.25, -0.2) is 4.79 Å². The Morgan fingerprint density at radius 2 is 1.57 bits per heavy atom. The van der Waals surface area contributed by atoms with Crippen molar-refractivity contribution in [2.45, 2.75) is 47.1 Å². The molecule has 0 heterocycles. The molecular formula is C18H31NO7P2. The lowest BCUT2D eigenvalue weighted by Gasteiger charge is -2.24. The van der Waals surface area contributed by atoms with E-state index < -0.39 is 26.7 Å². The molecule has 0 aliphatic heterocycles. The van der Waals surface area contributed by atoms with Crippen molar-refractivity contribution in [2.24, 2.45) is 0 Å². The third-order valence-electron chi connectivity index (χ3n) is 3.23. The van der Waals surface area contributed by atoms with Gasteiger partial charge in [-0.05, 0) is 59.7 Å². The normalized spacial score (nSPS) is 14.4. The zero-order chi connectivity index (χ0) is 21.4. The average molecular weight is 435 g/mol. The van der Waals surface area contributed by atoms with Crippen LogP contribution in [0.25, 0.3) is 0 Å². The molecule has 8 nitrogen and oxygen atoms in total. The van der Waals surface area contributed by atoms with Crippen LogP contribution in [0.1, 0.15) is 41.5 Å². The number of rotatable bonds is 10. The Kier molecular flexibility index (Phi) is 9.38. The average Bonchev–Trinajstić information content (AvgIpc) is 2.53. The summed E-state index contributed by atoms with van der Waals surface area (Å²) in [5.74, 6) is -0.384. The van der Waals surface area contributed by atoms with Crippen LogP contribution in [0.15, 0.2) is 24.3 Å². The largest absolute Gasteiger partial charge is 0.444 e. The molecule has 0 fully saturated rings. The van der Waals surface area contributed by atoms with Crippen molar-refractivity contribution in [3.8, 4) is 0 Å². The first kappa shape index (κ1) is 24.9. The molecule has 1 atom stereocenters. The standard InChI is InChI=1S/C18H31NO7P2/c1-7-23-27(21,14-28(22,24-8-2)25-9-3)16-12-10-11-15(13-16)19-17(20)26-18(4,5)6/h10-13H,7-9,14H2,1-6H3,(H,19,20). The first-order valence-electron chi connectivity index (χ1n) is 9.19. The highest BCUT2D eigenvalue weighted by Gasteiger charge is 2.38. The Hall–Kier alpha value is -1.17. The second-order valence-corrected chi connectivity index (χ2v) is 11.8. The number of hydrogen-bond acceptors (Lipinski definition) is 7. The van der Waals surface area contributed by atoms with Gasteiger partial charge >= 0.3 is 13.7 Å². The van der Waals surface area contributed by atoms with E-state index in [1.807, 2.05) is 0 Å². The van der Waals surface area contributed by atoms with Gasteiger partial charge in [-0.2, -0.15) is 0 Å². The van der Waals surface area contributed by atoms with E-state index in [-0.39, 0.29) is 25.7 Å². The van der Waals surface area contributed by atoms with Crippen LogP contribution < -0.4 is 10.6 Å². The van der Waals surface area contributed by atoms with Crippen LogP contribution in [0.5, 0.6) is 0 Å². The molecule has 0 aliphatic rings. The van der Waals surface area contributed by atoms with Gasteiger partial charge in [0, 0.05) is 11.0 Å². The number of ether oxygens (including phenoxy) is 1. The minimum Gasteiger partial charge on any atom is -0.444 e. The van der Waals surface area contributed by atoms with Gasteiger partial charge in [-0.3, -0.25) is 14.4 Å². The number of amides is 1. The highest BCUT2D eigenvalue weighted by molar-refractivity contribution is 7.78. The summed E-state index contributed by atoms with van der Waals surface area (Å²) in [5.41, 5.74) is -0.265. The number of benzene rings is 1. The third-order valence-corrected chi connectivity index (χ3v) is 9.15. The fourth-order valence-electron chi connectivity index (χ4n) is 2.36. The lowest BCUT2D eigenvalue weighted by atomic mass is 10.2. The van der Waals surface area contributed by atoms with Gasteiger partial charge in [-0.15, -0.1) is 0 Å². The first-order chi connectivity index (χ1) is 13.0. The second-order valence-electron chi connectivity index (χ2n) is 6.86. The fourth-order valence-corrected chi connectivity index (χ4v) is 7.90. The van der Waals surface area contributed by atoms with Crippen molar-refractivity contribution in [3.63, 3.8) is 0 Å². The molecule has 0 spiro atoms. The van der Waals surface area contributed by atoms with Crippen LogP contribution in [0.3, 0.4) is 0 Å². The van der Waals surface area contributed by atoms with Gasteiger partial charge < -0.3 is 18.3 Å². The van der Waals surface area contributed by atoms with E-state index in [0.29, 0.717) is 11.0 Å². The lowest BCUT2D eigenvalue weighted by Crippen LogP contribution is -2.27. The zero-order valence-electron chi connectivity index (χ0n) is 17.4. The van der Waals surface area contributed by atoms with Crippen molar-refractivity contribution < 1.29 is 32.2 Å². The lowest BCUT2D eigenvalue weighted by molar-refractivity contribution is 0.0636. The molecule has 10 heteroatoms. The molecule has 1 unspecified atom stereocenters. The number of nitrogens with one attached hydrogen (secondary N) is 1. The quantitative estimate of drug-likeness (QED) is 0.504. The van der Waals surface area contributed by atoms with Crippen molar-refractivity contribution >= 4 is 32.0 Å². The van der Waals surface area contributed by atoms with Crippen molar-refractivity contribution in [1.82, 2.24) is 0 Å². The zero-order valence-corrected chi connectivity index (χ0v) is 19.2. The van der Waals surface area contributed by atoms with E-state index in [9.17, 15) is 13.9 Å². The minimum atomic E-state index is -3.61. The van der Waals surface area contributed by atoms with Gasteiger partial charge in [0.1, 0.15) is 11.5 Å². The van der Waals surface area contributed by atoms with Crippen LogP contribution in [0.4, 0.5) is 10.5 Å². The van der Waals surface area contributed by atoms with E-state index in [1.165, 1.54) is 6.07 Å². The Morgan fingerprint density at radius 3 is 2.07 bits per heavy atom. The summed E-state index contributed by atoms with van der Waals surface area (Å²) >= 11 is 0. The maximum atomic E-state index is 13.5. The van der Waals surface area contributed by atoms with E-state index in [2.05, 4.69) is 5.32 Å². The number of carbonyl (C=O) groups is 1. The van der Waals surface area contributed by atoms with Crippen molar-refractivity contribution in [3.05, 3.63) is 24.3 Å². The van der Waals surface area contributed by atoms with Gasteiger partial charge in [0.05, 0.1) is 19.8 Å². The molecule has 0 radical (unpaired) electrons. The van der Waals surface area contributed by atoms with Crippen molar-refractivity contribution in [2.75, 3.05) is 31.0 Å². The van der Waals surface area contributed by atoms with E-state index in [4.69, 9.17) is 18.3 Å². The molecule has 1 rings (SSSR count). The SMILES string of the molecule is CCOP(=O)(CP(=O)(OCC)c1cccc(NC(=O)OC(C)(C)C)c1)OCC. The van der Waals surface area contributed by atoms with Gasteiger partial charge in [-0.1, -0.05) is 6.07 Å².